The first-order valence-corrected chi connectivity index (χ1v) is 12.1. The van der Waals surface area contributed by atoms with Crippen LogP contribution in [0.1, 0.15) is 129 Å². The molecule has 0 aromatic heterocycles. The summed E-state index contributed by atoms with van der Waals surface area (Å²) in [7, 11) is 0. The molecule has 0 saturated carbocycles. The minimum atomic E-state index is -0.986. The van der Waals surface area contributed by atoms with E-state index in [-0.39, 0.29) is 13.2 Å². The quantitative estimate of drug-likeness (QED) is 0.183. The van der Waals surface area contributed by atoms with Crippen LogP contribution in [0.5, 0.6) is 0 Å². The zero-order valence-corrected chi connectivity index (χ0v) is 18.6. The topological polar surface area (TPSA) is 66.8 Å². The lowest BCUT2D eigenvalue weighted by molar-refractivity contribution is -0.143. The van der Waals surface area contributed by atoms with Gasteiger partial charge < -0.3 is 14.9 Å². The SMILES string of the molecule is CCCCCCCCCCCCCCCCCCCCC(O)COCC(=O)O. The van der Waals surface area contributed by atoms with Crippen LogP contribution in [0.25, 0.3) is 0 Å². The van der Waals surface area contributed by atoms with E-state index in [4.69, 9.17) is 9.84 Å². The summed E-state index contributed by atoms with van der Waals surface area (Å²) in [4.78, 5) is 10.3. The molecular formula is C24H48O4. The molecule has 0 aliphatic carbocycles. The Balaban J connectivity index is 3.09. The average molecular weight is 401 g/mol. The van der Waals surface area contributed by atoms with Crippen molar-refractivity contribution in [3.63, 3.8) is 0 Å². The van der Waals surface area contributed by atoms with Crippen molar-refractivity contribution in [2.75, 3.05) is 13.2 Å². The standard InChI is InChI=1S/C24H48O4/c1-2-3-4-5-6-7-8-9-10-11-12-13-14-15-16-17-18-19-20-23(25)21-28-22-24(26)27/h23,25H,2-22H2,1H3,(H,26,27). The Morgan fingerprint density at radius 1 is 0.679 bits per heavy atom. The maximum absolute atomic E-state index is 10.3. The summed E-state index contributed by atoms with van der Waals surface area (Å²) in [5, 5.41) is 18.1. The summed E-state index contributed by atoms with van der Waals surface area (Å²) in [5.74, 6) is -0.986. The summed E-state index contributed by atoms with van der Waals surface area (Å²) in [5.41, 5.74) is 0. The first-order valence-electron chi connectivity index (χ1n) is 12.1. The van der Waals surface area contributed by atoms with E-state index in [0.29, 0.717) is 6.42 Å². The summed E-state index contributed by atoms with van der Waals surface area (Å²) in [6.07, 6.45) is 24.6. The summed E-state index contributed by atoms with van der Waals surface area (Å²) in [6, 6.07) is 0. The van der Waals surface area contributed by atoms with E-state index in [1.807, 2.05) is 0 Å². The van der Waals surface area contributed by atoms with E-state index < -0.39 is 12.1 Å². The third-order valence-electron chi connectivity index (χ3n) is 5.43. The molecule has 1 atom stereocenters. The van der Waals surface area contributed by atoms with Crippen molar-refractivity contribution in [1.29, 1.82) is 0 Å². The van der Waals surface area contributed by atoms with Gasteiger partial charge in [-0.3, -0.25) is 0 Å². The third-order valence-corrected chi connectivity index (χ3v) is 5.43. The molecule has 0 aliphatic heterocycles. The van der Waals surface area contributed by atoms with Crippen LogP contribution in [-0.2, 0) is 9.53 Å². The lowest BCUT2D eigenvalue weighted by Crippen LogP contribution is -2.18. The molecule has 2 N–H and O–H groups in total. The van der Waals surface area contributed by atoms with Gasteiger partial charge in [0.15, 0.2) is 0 Å². The molecule has 28 heavy (non-hydrogen) atoms. The van der Waals surface area contributed by atoms with Crippen LogP contribution in [-0.4, -0.2) is 35.5 Å². The highest BCUT2D eigenvalue weighted by atomic mass is 16.5. The Labute approximate surface area is 174 Å². The Kier molecular flexibility index (Phi) is 22.2. The molecule has 0 aliphatic rings. The van der Waals surface area contributed by atoms with Crippen LogP contribution in [0.3, 0.4) is 0 Å². The highest BCUT2D eigenvalue weighted by Crippen LogP contribution is 2.14. The smallest absolute Gasteiger partial charge is 0.329 e. The zero-order chi connectivity index (χ0) is 20.7. The van der Waals surface area contributed by atoms with E-state index in [9.17, 15) is 9.90 Å². The van der Waals surface area contributed by atoms with E-state index in [1.54, 1.807) is 0 Å². The second-order valence-corrected chi connectivity index (χ2v) is 8.36. The average Bonchev–Trinajstić information content (AvgIpc) is 2.66. The van der Waals surface area contributed by atoms with Gasteiger partial charge in [0.1, 0.15) is 6.61 Å². The number of hydrogen-bond acceptors (Lipinski definition) is 3. The second-order valence-electron chi connectivity index (χ2n) is 8.36. The number of rotatable bonds is 23. The van der Waals surface area contributed by atoms with Crippen molar-refractivity contribution in [3.05, 3.63) is 0 Å². The Morgan fingerprint density at radius 3 is 1.39 bits per heavy atom. The Morgan fingerprint density at radius 2 is 1.04 bits per heavy atom. The van der Waals surface area contributed by atoms with Crippen molar-refractivity contribution in [2.45, 2.75) is 135 Å². The predicted molar refractivity (Wildman–Crippen MR) is 118 cm³/mol. The molecule has 0 spiro atoms. The minimum Gasteiger partial charge on any atom is -0.480 e. The van der Waals surface area contributed by atoms with E-state index in [0.717, 1.165) is 12.8 Å². The number of hydrogen-bond donors (Lipinski definition) is 2. The maximum atomic E-state index is 10.3. The van der Waals surface area contributed by atoms with Gasteiger partial charge in [0, 0.05) is 0 Å². The van der Waals surface area contributed by atoms with Crippen molar-refractivity contribution >= 4 is 5.97 Å². The van der Waals surface area contributed by atoms with Crippen molar-refractivity contribution in [1.82, 2.24) is 0 Å². The minimum absolute atomic E-state index is 0.130. The normalized spacial score (nSPS) is 12.4. The Hall–Kier alpha value is -0.610. The van der Waals surface area contributed by atoms with E-state index in [1.165, 1.54) is 103 Å². The monoisotopic (exact) mass is 400 g/mol. The fourth-order valence-electron chi connectivity index (χ4n) is 3.65. The van der Waals surface area contributed by atoms with E-state index in [2.05, 4.69) is 6.92 Å². The predicted octanol–water partition coefficient (Wildman–Crippen LogP) is 6.88. The number of aliphatic hydroxyl groups excluding tert-OH is 1. The van der Waals surface area contributed by atoms with Crippen molar-refractivity contribution in [3.8, 4) is 0 Å². The molecule has 0 bridgehead atoms. The second kappa shape index (κ2) is 22.7. The van der Waals surface area contributed by atoms with Gasteiger partial charge in [0.05, 0.1) is 12.7 Å². The van der Waals surface area contributed by atoms with Crippen LogP contribution in [0.4, 0.5) is 0 Å². The van der Waals surface area contributed by atoms with Gasteiger partial charge in [0.2, 0.25) is 0 Å². The Bertz CT molecular complexity index is 320. The largest absolute Gasteiger partial charge is 0.480 e. The fourth-order valence-corrected chi connectivity index (χ4v) is 3.65. The molecule has 0 fully saturated rings. The molecule has 0 rings (SSSR count). The fraction of sp³-hybridized carbons (Fsp3) is 0.958. The first kappa shape index (κ1) is 27.4. The number of unbranched alkanes of at least 4 members (excludes halogenated alkanes) is 17. The van der Waals surface area contributed by atoms with Crippen LogP contribution in [0.2, 0.25) is 0 Å². The van der Waals surface area contributed by atoms with Gasteiger partial charge in [-0.2, -0.15) is 0 Å². The molecule has 4 heteroatoms. The van der Waals surface area contributed by atoms with Gasteiger partial charge >= 0.3 is 5.97 Å². The van der Waals surface area contributed by atoms with E-state index >= 15 is 0 Å². The molecule has 4 nitrogen and oxygen atoms in total. The van der Waals surface area contributed by atoms with Gasteiger partial charge in [0.25, 0.3) is 0 Å². The highest BCUT2D eigenvalue weighted by molar-refractivity contribution is 5.67. The van der Waals surface area contributed by atoms with Gasteiger partial charge in [-0.25, -0.2) is 4.79 Å². The van der Waals surface area contributed by atoms with Gasteiger partial charge in [-0.1, -0.05) is 122 Å². The van der Waals surface area contributed by atoms with Crippen LogP contribution >= 0.6 is 0 Å². The summed E-state index contributed by atoms with van der Waals surface area (Å²) in [6.45, 7) is 2.08. The molecule has 0 heterocycles. The molecular weight excluding hydrogens is 352 g/mol. The molecule has 0 aromatic carbocycles. The highest BCUT2D eigenvalue weighted by Gasteiger charge is 2.05. The van der Waals surface area contributed by atoms with Gasteiger partial charge in [-0.15, -0.1) is 0 Å². The van der Waals surface area contributed by atoms with Gasteiger partial charge in [-0.05, 0) is 6.42 Å². The molecule has 168 valence electrons. The third kappa shape index (κ3) is 23.4. The summed E-state index contributed by atoms with van der Waals surface area (Å²) >= 11 is 0. The number of ether oxygens (including phenoxy) is 1. The molecule has 0 amide bonds. The van der Waals surface area contributed by atoms with Crippen LogP contribution in [0.15, 0.2) is 0 Å². The van der Waals surface area contributed by atoms with Crippen LogP contribution in [0, 0.1) is 0 Å². The zero-order valence-electron chi connectivity index (χ0n) is 18.6. The lowest BCUT2D eigenvalue weighted by atomic mass is 10.0. The van der Waals surface area contributed by atoms with Crippen molar-refractivity contribution < 1.29 is 19.7 Å². The molecule has 0 saturated heterocycles. The van der Waals surface area contributed by atoms with Crippen molar-refractivity contribution in [2.24, 2.45) is 0 Å². The summed E-state index contributed by atoms with van der Waals surface area (Å²) < 4.78 is 4.89. The maximum Gasteiger partial charge on any atom is 0.329 e. The first-order chi connectivity index (χ1) is 13.7. The number of carbonyl (C=O) groups is 1. The number of aliphatic hydroxyl groups is 1. The lowest BCUT2D eigenvalue weighted by Gasteiger charge is -2.10. The number of carboxylic acid groups (broad SMARTS) is 1. The molecule has 0 radical (unpaired) electrons. The number of carboxylic acids is 1. The molecule has 1 unspecified atom stereocenters. The van der Waals surface area contributed by atoms with Crippen LogP contribution < -0.4 is 0 Å². The molecule has 0 aromatic rings. The number of aliphatic carboxylic acids is 1.